The Morgan fingerprint density at radius 2 is 2.21 bits per heavy atom. The summed E-state index contributed by atoms with van der Waals surface area (Å²) in [7, 11) is 0. The number of carbonyl (C=O) groups is 1. The van der Waals surface area contributed by atoms with Crippen LogP contribution in [0.3, 0.4) is 0 Å². The zero-order chi connectivity index (χ0) is 16.6. The molecule has 0 aromatic carbocycles. The van der Waals surface area contributed by atoms with Gasteiger partial charge < -0.3 is 14.8 Å². The molecule has 0 atom stereocenters. The number of rotatable bonds is 7. The van der Waals surface area contributed by atoms with Crippen LogP contribution in [0.5, 0.6) is 5.88 Å². The highest BCUT2D eigenvalue weighted by Gasteiger charge is 2.10. The minimum absolute atomic E-state index is 0.0414. The lowest BCUT2D eigenvalue weighted by molar-refractivity contribution is -0.115. The van der Waals surface area contributed by atoms with Crippen molar-refractivity contribution in [3.05, 3.63) is 40.7 Å². The Hall–Kier alpha value is -1.96. The van der Waals surface area contributed by atoms with E-state index in [-0.39, 0.29) is 5.91 Å². The van der Waals surface area contributed by atoms with E-state index in [4.69, 9.17) is 9.47 Å². The minimum Gasteiger partial charge on any atom is -0.476 e. The molecule has 1 saturated heterocycles. The van der Waals surface area contributed by atoms with Crippen LogP contribution in [0.25, 0.3) is 0 Å². The number of thiophene rings is 1. The Morgan fingerprint density at radius 1 is 1.33 bits per heavy atom. The molecule has 1 aliphatic heterocycles. The van der Waals surface area contributed by atoms with Gasteiger partial charge in [-0.3, -0.25) is 9.69 Å². The van der Waals surface area contributed by atoms with Gasteiger partial charge in [0.2, 0.25) is 11.8 Å². The first kappa shape index (κ1) is 16.9. The number of pyridine rings is 1. The van der Waals surface area contributed by atoms with Crippen molar-refractivity contribution in [2.45, 2.75) is 6.42 Å². The number of hydrogen-bond acceptors (Lipinski definition) is 6. The molecular formula is C17H21N3O3S. The van der Waals surface area contributed by atoms with Gasteiger partial charge in [0.15, 0.2) is 0 Å². The van der Waals surface area contributed by atoms with E-state index in [1.165, 1.54) is 0 Å². The second-order valence-corrected chi connectivity index (χ2v) is 6.52. The minimum atomic E-state index is -0.0414. The van der Waals surface area contributed by atoms with Gasteiger partial charge in [0.1, 0.15) is 6.61 Å². The molecule has 2 aromatic rings. The molecule has 0 saturated carbocycles. The summed E-state index contributed by atoms with van der Waals surface area (Å²) in [6, 6.07) is 7.48. The molecule has 7 heteroatoms. The predicted octanol–water partition coefficient (Wildman–Crippen LogP) is 2.04. The van der Waals surface area contributed by atoms with E-state index in [9.17, 15) is 4.79 Å². The Morgan fingerprint density at radius 3 is 2.92 bits per heavy atom. The molecule has 0 bridgehead atoms. The third-order valence-corrected chi connectivity index (χ3v) is 4.57. The fraction of sp³-hybridized carbons (Fsp3) is 0.412. The highest BCUT2D eigenvalue weighted by molar-refractivity contribution is 7.10. The van der Waals surface area contributed by atoms with Crippen LogP contribution >= 0.6 is 11.3 Å². The molecule has 3 rings (SSSR count). The first-order valence-electron chi connectivity index (χ1n) is 8.01. The lowest BCUT2D eigenvalue weighted by atomic mass is 10.3. The van der Waals surface area contributed by atoms with Gasteiger partial charge in [0, 0.05) is 30.6 Å². The number of nitrogens with zero attached hydrogens (tertiary/aromatic N) is 2. The number of hydrogen-bond donors (Lipinski definition) is 1. The summed E-state index contributed by atoms with van der Waals surface area (Å²) in [5.74, 6) is 0.528. The highest BCUT2D eigenvalue weighted by Crippen LogP contribution is 2.14. The van der Waals surface area contributed by atoms with Crippen molar-refractivity contribution in [1.82, 2.24) is 9.88 Å². The summed E-state index contributed by atoms with van der Waals surface area (Å²) >= 11 is 1.58. The molecule has 128 valence electrons. The molecule has 1 fully saturated rings. The van der Waals surface area contributed by atoms with Crippen LogP contribution in [0.1, 0.15) is 4.88 Å². The Balaban J connectivity index is 1.40. The van der Waals surface area contributed by atoms with Crippen LogP contribution in [0.15, 0.2) is 35.8 Å². The summed E-state index contributed by atoms with van der Waals surface area (Å²) < 4.78 is 11.0. The second kappa shape index (κ2) is 8.77. The molecule has 1 N–H and O–H groups in total. The van der Waals surface area contributed by atoms with Crippen molar-refractivity contribution >= 4 is 22.9 Å². The van der Waals surface area contributed by atoms with E-state index in [1.54, 1.807) is 23.6 Å². The van der Waals surface area contributed by atoms with Crippen molar-refractivity contribution in [2.24, 2.45) is 0 Å². The maximum Gasteiger partial charge on any atom is 0.229 e. The normalized spacial score (nSPS) is 15.2. The molecule has 0 spiro atoms. The van der Waals surface area contributed by atoms with E-state index in [0.717, 1.165) is 37.7 Å². The van der Waals surface area contributed by atoms with Gasteiger partial charge in [-0.25, -0.2) is 4.98 Å². The van der Waals surface area contributed by atoms with Gasteiger partial charge in [0.25, 0.3) is 0 Å². The Bertz CT molecular complexity index is 625. The Kier molecular flexibility index (Phi) is 6.17. The molecule has 1 aliphatic rings. The first-order valence-corrected chi connectivity index (χ1v) is 8.89. The van der Waals surface area contributed by atoms with Crippen molar-refractivity contribution < 1.29 is 14.3 Å². The molecule has 2 aromatic heterocycles. The van der Waals surface area contributed by atoms with Crippen LogP contribution in [0.4, 0.5) is 5.69 Å². The number of nitrogens with one attached hydrogen (secondary N) is 1. The third-order valence-electron chi connectivity index (χ3n) is 3.70. The topological polar surface area (TPSA) is 63.7 Å². The van der Waals surface area contributed by atoms with Crippen LogP contribution in [-0.2, 0) is 16.0 Å². The van der Waals surface area contributed by atoms with Gasteiger partial charge >= 0.3 is 0 Å². The molecule has 24 heavy (non-hydrogen) atoms. The summed E-state index contributed by atoms with van der Waals surface area (Å²) in [6.07, 6.45) is 2.01. The van der Waals surface area contributed by atoms with E-state index in [2.05, 4.69) is 15.2 Å². The molecule has 0 radical (unpaired) electrons. The lowest BCUT2D eigenvalue weighted by Crippen LogP contribution is -2.38. The molecule has 6 nitrogen and oxygen atoms in total. The average molecular weight is 347 g/mol. The zero-order valence-corrected chi connectivity index (χ0v) is 14.3. The van der Waals surface area contributed by atoms with Crippen molar-refractivity contribution in [3.8, 4) is 5.88 Å². The zero-order valence-electron chi connectivity index (χ0n) is 13.4. The fourth-order valence-electron chi connectivity index (χ4n) is 2.42. The van der Waals surface area contributed by atoms with Crippen LogP contribution in [0.2, 0.25) is 0 Å². The van der Waals surface area contributed by atoms with E-state index >= 15 is 0 Å². The summed E-state index contributed by atoms with van der Waals surface area (Å²) in [6.45, 7) is 4.94. The van der Waals surface area contributed by atoms with E-state index < -0.39 is 0 Å². The smallest absolute Gasteiger partial charge is 0.229 e. The molecule has 0 unspecified atom stereocenters. The monoisotopic (exact) mass is 347 g/mol. The van der Waals surface area contributed by atoms with E-state index in [1.807, 2.05) is 23.6 Å². The van der Waals surface area contributed by atoms with Crippen molar-refractivity contribution in [1.29, 1.82) is 0 Å². The number of aromatic nitrogens is 1. The summed E-state index contributed by atoms with van der Waals surface area (Å²) in [4.78, 5) is 19.5. The number of ether oxygens (including phenoxy) is 2. The van der Waals surface area contributed by atoms with Gasteiger partial charge in [-0.2, -0.15) is 0 Å². The maximum absolute atomic E-state index is 11.9. The highest BCUT2D eigenvalue weighted by atomic mass is 32.1. The summed E-state index contributed by atoms with van der Waals surface area (Å²) in [5.41, 5.74) is 0.678. The number of carbonyl (C=O) groups excluding carboxylic acids is 1. The van der Waals surface area contributed by atoms with Gasteiger partial charge in [0.05, 0.1) is 31.5 Å². The number of anilines is 1. The lowest BCUT2D eigenvalue weighted by Gasteiger charge is -2.26. The molecule has 0 aliphatic carbocycles. The van der Waals surface area contributed by atoms with Crippen LogP contribution < -0.4 is 10.1 Å². The second-order valence-electron chi connectivity index (χ2n) is 5.49. The van der Waals surface area contributed by atoms with Gasteiger partial charge in [-0.15, -0.1) is 11.3 Å². The SMILES string of the molecule is O=C(Cc1cccs1)Nc1ccc(OCCN2CCOCC2)nc1. The summed E-state index contributed by atoms with van der Waals surface area (Å²) in [5, 5.41) is 4.81. The maximum atomic E-state index is 11.9. The van der Waals surface area contributed by atoms with Crippen LogP contribution in [0, 0.1) is 0 Å². The standard InChI is InChI=1S/C17H21N3O3S/c21-16(12-15-2-1-11-24-15)19-14-3-4-17(18-13-14)23-10-7-20-5-8-22-9-6-20/h1-4,11,13H,5-10,12H2,(H,19,21). The van der Waals surface area contributed by atoms with Gasteiger partial charge in [-0.05, 0) is 17.5 Å². The molecule has 1 amide bonds. The first-order chi connectivity index (χ1) is 11.8. The quantitative estimate of drug-likeness (QED) is 0.830. The van der Waals surface area contributed by atoms with Crippen molar-refractivity contribution in [3.63, 3.8) is 0 Å². The average Bonchev–Trinajstić information content (AvgIpc) is 3.10. The molecular weight excluding hydrogens is 326 g/mol. The van der Waals surface area contributed by atoms with Crippen molar-refractivity contribution in [2.75, 3.05) is 44.8 Å². The fourth-order valence-corrected chi connectivity index (χ4v) is 3.12. The van der Waals surface area contributed by atoms with E-state index in [0.29, 0.717) is 24.6 Å². The van der Waals surface area contributed by atoms with Crippen LogP contribution in [-0.4, -0.2) is 55.2 Å². The Labute approximate surface area is 145 Å². The largest absolute Gasteiger partial charge is 0.476 e. The molecule has 3 heterocycles. The third kappa shape index (κ3) is 5.30. The van der Waals surface area contributed by atoms with Gasteiger partial charge in [-0.1, -0.05) is 6.07 Å². The number of morpholine rings is 1. The predicted molar refractivity (Wildman–Crippen MR) is 93.6 cm³/mol. The number of amides is 1.